The van der Waals surface area contributed by atoms with E-state index in [4.69, 9.17) is 4.74 Å². The van der Waals surface area contributed by atoms with Crippen molar-refractivity contribution in [1.82, 2.24) is 19.5 Å². The first kappa shape index (κ1) is 11.3. The summed E-state index contributed by atoms with van der Waals surface area (Å²) in [6.45, 7) is 3.60. The molecule has 0 atom stereocenters. The van der Waals surface area contributed by atoms with Crippen molar-refractivity contribution in [2.45, 2.75) is 25.8 Å². The number of fused-ring (bicyclic) bond motifs is 1. The first-order valence-corrected chi connectivity index (χ1v) is 6.28. The molecule has 0 N–H and O–H groups in total. The third kappa shape index (κ3) is 2.01. The topological polar surface area (TPSA) is 52.8 Å². The Hall–Kier alpha value is -1.75. The highest BCUT2D eigenvalue weighted by molar-refractivity contribution is 5.67. The van der Waals surface area contributed by atoms with Gasteiger partial charge in [-0.2, -0.15) is 0 Å². The van der Waals surface area contributed by atoms with Gasteiger partial charge in [-0.15, -0.1) is 0 Å². The highest BCUT2D eigenvalue weighted by Crippen LogP contribution is 2.23. The number of hydrogen-bond donors (Lipinski definition) is 0. The number of hydrogen-bond acceptors (Lipinski definition) is 4. The Morgan fingerprint density at radius 1 is 1.33 bits per heavy atom. The molecule has 0 spiro atoms. The lowest BCUT2D eigenvalue weighted by molar-refractivity contribution is 0.0704. The van der Waals surface area contributed by atoms with Gasteiger partial charge in [-0.05, 0) is 25.8 Å². The fourth-order valence-electron chi connectivity index (χ4n) is 2.30. The molecule has 0 unspecified atom stereocenters. The second kappa shape index (κ2) is 4.86. The molecule has 18 heavy (non-hydrogen) atoms. The van der Waals surface area contributed by atoms with Crippen molar-refractivity contribution in [1.29, 1.82) is 0 Å². The lowest BCUT2D eigenvalue weighted by Gasteiger charge is -2.23. The molecule has 5 nitrogen and oxygen atoms in total. The molecule has 1 aliphatic heterocycles. The Kier molecular flexibility index (Phi) is 3.06. The number of nitrogens with zero attached hydrogens (tertiary/aromatic N) is 4. The molecular formula is C13H16N4O. The third-order valence-electron chi connectivity index (χ3n) is 3.22. The minimum Gasteiger partial charge on any atom is -0.381 e. The number of aromatic nitrogens is 4. The summed E-state index contributed by atoms with van der Waals surface area (Å²) in [7, 11) is 0. The SMILES string of the molecule is C/C=C\c1cnc2ncn(C3CCOCC3)c2n1. The van der Waals surface area contributed by atoms with Crippen LogP contribution in [0, 0.1) is 0 Å². The van der Waals surface area contributed by atoms with Crippen molar-refractivity contribution < 1.29 is 4.74 Å². The second-order valence-electron chi connectivity index (χ2n) is 4.44. The van der Waals surface area contributed by atoms with Gasteiger partial charge in [-0.25, -0.2) is 15.0 Å². The summed E-state index contributed by atoms with van der Waals surface area (Å²) >= 11 is 0. The number of rotatable bonds is 2. The highest BCUT2D eigenvalue weighted by Gasteiger charge is 2.18. The molecule has 2 aromatic rings. The zero-order valence-electron chi connectivity index (χ0n) is 10.4. The van der Waals surface area contributed by atoms with Crippen LogP contribution in [-0.4, -0.2) is 32.7 Å². The van der Waals surface area contributed by atoms with Gasteiger partial charge in [0.1, 0.15) is 0 Å². The molecular weight excluding hydrogens is 228 g/mol. The summed E-state index contributed by atoms with van der Waals surface area (Å²) in [4.78, 5) is 13.3. The maximum Gasteiger partial charge on any atom is 0.197 e. The van der Waals surface area contributed by atoms with Crippen molar-refractivity contribution in [3.05, 3.63) is 24.3 Å². The predicted octanol–water partition coefficient (Wildman–Crippen LogP) is 2.21. The fraction of sp³-hybridized carbons (Fsp3) is 0.462. The van der Waals surface area contributed by atoms with Crippen molar-refractivity contribution in [3.8, 4) is 0 Å². The van der Waals surface area contributed by atoms with E-state index >= 15 is 0 Å². The maximum absolute atomic E-state index is 5.39. The molecule has 1 fully saturated rings. The van der Waals surface area contributed by atoms with Gasteiger partial charge < -0.3 is 9.30 Å². The van der Waals surface area contributed by atoms with Gasteiger partial charge >= 0.3 is 0 Å². The first-order valence-electron chi connectivity index (χ1n) is 6.28. The molecule has 3 rings (SSSR count). The largest absolute Gasteiger partial charge is 0.381 e. The van der Waals surface area contributed by atoms with Gasteiger partial charge in [0.2, 0.25) is 0 Å². The van der Waals surface area contributed by atoms with Crippen LogP contribution in [0.3, 0.4) is 0 Å². The molecule has 3 heterocycles. The highest BCUT2D eigenvalue weighted by atomic mass is 16.5. The van der Waals surface area contributed by atoms with Crippen LogP contribution in [0.15, 0.2) is 18.6 Å². The average Bonchev–Trinajstić information content (AvgIpc) is 2.83. The van der Waals surface area contributed by atoms with Gasteiger partial charge in [-0.3, -0.25) is 0 Å². The van der Waals surface area contributed by atoms with Gasteiger partial charge in [-0.1, -0.05) is 6.08 Å². The number of ether oxygens (including phenoxy) is 1. The monoisotopic (exact) mass is 244 g/mol. The van der Waals surface area contributed by atoms with Crippen LogP contribution in [-0.2, 0) is 4.74 Å². The summed E-state index contributed by atoms with van der Waals surface area (Å²) in [5.74, 6) is 0. The van der Waals surface area contributed by atoms with Crippen LogP contribution >= 0.6 is 0 Å². The molecule has 2 aromatic heterocycles. The fourth-order valence-corrected chi connectivity index (χ4v) is 2.30. The summed E-state index contributed by atoms with van der Waals surface area (Å²) in [6.07, 6.45) is 9.55. The van der Waals surface area contributed by atoms with Gasteiger partial charge in [0, 0.05) is 19.3 Å². The smallest absolute Gasteiger partial charge is 0.197 e. The Balaban J connectivity index is 2.02. The van der Waals surface area contributed by atoms with Crippen molar-refractivity contribution in [2.24, 2.45) is 0 Å². The van der Waals surface area contributed by atoms with Crippen LogP contribution < -0.4 is 0 Å². The first-order chi connectivity index (χ1) is 8.88. The van der Waals surface area contributed by atoms with E-state index in [1.54, 1.807) is 6.20 Å². The van der Waals surface area contributed by atoms with E-state index in [0.717, 1.165) is 43.0 Å². The summed E-state index contributed by atoms with van der Waals surface area (Å²) in [5.41, 5.74) is 2.46. The van der Waals surface area contributed by atoms with Crippen LogP contribution in [0.4, 0.5) is 0 Å². The van der Waals surface area contributed by atoms with Crippen molar-refractivity contribution in [2.75, 3.05) is 13.2 Å². The zero-order valence-corrected chi connectivity index (χ0v) is 10.4. The normalized spacial score (nSPS) is 17.8. The Bertz CT molecular complexity index is 569. The van der Waals surface area contributed by atoms with E-state index in [2.05, 4.69) is 19.5 Å². The maximum atomic E-state index is 5.39. The summed E-state index contributed by atoms with van der Waals surface area (Å²) in [6, 6.07) is 0.430. The average molecular weight is 244 g/mol. The zero-order chi connectivity index (χ0) is 12.4. The standard InChI is InChI=1S/C13H16N4O/c1-2-3-10-8-14-12-13(16-10)17(9-15-12)11-4-6-18-7-5-11/h2-3,8-9,11H,4-7H2,1H3/b3-2-. The summed E-state index contributed by atoms with van der Waals surface area (Å²) in [5, 5.41) is 0. The second-order valence-corrected chi connectivity index (χ2v) is 4.44. The van der Waals surface area contributed by atoms with Crippen LogP contribution in [0.5, 0.6) is 0 Å². The van der Waals surface area contributed by atoms with Crippen molar-refractivity contribution >= 4 is 17.4 Å². The molecule has 94 valence electrons. The van der Waals surface area contributed by atoms with E-state index < -0.39 is 0 Å². The molecule has 0 saturated carbocycles. The van der Waals surface area contributed by atoms with Gasteiger partial charge in [0.05, 0.1) is 18.2 Å². The molecule has 0 radical (unpaired) electrons. The van der Waals surface area contributed by atoms with E-state index in [9.17, 15) is 0 Å². The van der Waals surface area contributed by atoms with Crippen LogP contribution in [0.25, 0.3) is 17.4 Å². The van der Waals surface area contributed by atoms with Gasteiger partial charge in [0.15, 0.2) is 11.3 Å². The Morgan fingerprint density at radius 2 is 2.17 bits per heavy atom. The van der Waals surface area contributed by atoms with E-state index in [0.29, 0.717) is 6.04 Å². The molecule has 1 saturated heterocycles. The van der Waals surface area contributed by atoms with E-state index in [-0.39, 0.29) is 0 Å². The Labute approximate surface area is 106 Å². The number of imidazole rings is 1. The third-order valence-corrected chi connectivity index (χ3v) is 3.22. The molecule has 0 amide bonds. The van der Waals surface area contributed by atoms with Crippen molar-refractivity contribution in [3.63, 3.8) is 0 Å². The molecule has 1 aliphatic rings. The van der Waals surface area contributed by atoms with Gasteiger partial charge in [0.25, 0.3) is 0 Å². The minimum absolute atomic E-state index is 0.430. The number of allylic oxidation sites excluding steroid dienone is 1. The van der Waals surface area contributed by atoms with E-state index in [1.165, 1.54) is 0 Å². The summed E-state index contributed by atoms with van der Waals surface area (Å²) < 4.78 is 7.53. The molecule has 0 aliphatic carbocycles. The van der Waals surface area contributed by atoms with Crippen LogP contribution in [0.1, 0.15) is 31.5 Å². The quantitative estimate of drug-likeness (QED) is 0.812. The predicted molar refractivity (Wildman–Crippen MR) is 69.1 cm³/mol. The minimum atomic E-state index is 0.430. The Morgan fingerprint density at radius 3 is 2.94 bits per heavy atom. The molecule has 0 aromatic carbocycles. The molecule has 0 bridgehead atoms. The molecule has 5 heteroatoms. The lowest BCUT2D eigenvalue weighted by atomic mass is 10.1. The van der Waals surface area contributed by atoms with Crippen LogP contribution in [0.2, 0.25) is 0 Å². The van der Waals surface area contributed by atoms with E-state index in [1.807, 2.05) is 25.4 Å². The lowest BCUT2D eigenvalue weighted by Crippen LogP contribution is -2.19.